The van der Waals surface area contributed by atoms with Gasteiger partial charge in [-0.25, -0.2) is 0 Å². The summed E-state index contributed by atoms with van der Waals surface area (Å²) >= 11 is 0. The van der Waals surface area contributed by atoms with Crippen LogP contribution in [0.2, 0.25) is 0 Å². The van der Waals surface area contributed by atoms with Gasteiger partial charge in [-0.15, -0.1) is 0 Å². The zero-order valence-electron chi connectivity index (χ0n) is 16.2. The number of hydrogen-bond acceptors (Lipinski definition) is 5. The molecule has 142 valence electrons. The van der Waals surface area contributed by atoms with Gasteiger partial charge in [-0.3, -0.25) is 14.7 Å². The zero-order chi connectivity index (χ0) is 18.8. The number of methoxy groups -OCH3 is 2. The Labute approximate surface area is 160 Å². The molecule has 0 amide bonds. The van der Waals surface area contributed by atoms with Crippen molar-refractivity contribution in [2.75, 3.05) is 27.3 Å². The Morgan fingerprint density at radius 1 is 1.37 bits per heavy atom. The molecule has 0 radical (unpaired) electrons. The van der Waals surface area contributed by atoms with Gasteiger partial charge < -0.3 is 9.47 Å². The van der Waals surface area contributed by atoms with Crippen LogP contribution in [0, 0.1) is 11.3 Å². The fourth-order valence-corrected chi connectivity index (χ4v) is 6.33. The van der Waals surface area contributed by atoms with Crippen LogP contribution in [0.3, 0.4) is 0 Å². The zero-order valence-corrected chi connectivity index (χ0v) is 16.2. The van der Waals surface area contributed by atoms with Gasteiger partial charge in [0.25, 0.3) is 0 Å². The highest BCUT2D eigenvalue weighted by Crippen LogP contribution is 2.63. The summed E-state index contributed by atoms with van der Waals surface area (Å²) in [6.45, 7) is 4.27. The van der Waals surface area contributed by atoms with Crippen molar-refractivity contribution in [2.24, 2.45) is 16.3 Å². The van der Waals surface area contributed by atoms with Crippen LogP contribution >= 0.6 is 0 Å². The predicted octanol–water partition coefficient (Wildman–Crippen LogP) is 3.25. The summed E-state index contributed by atoms with van der Waals surface area (Å²) in [5.41, 5.74) is 3.02. The van der Waals surface area contributed by atoms with E-state index in [9.17, 15) is 4.79 Å². The molecule has 0 N–H and O–H groups in total. The summed E-state index contributed by atoms with van der Waals surface area (Å²) in [4.78, 5) is 20.5. The van der Waals surface area contributed by atoms with E-state index in [2.05, 4.69) is 30.0 Å². The number of nitrogens with zero attached hydrogens (tertiary/aromatic N) is 2. The van der Waals surface area contributed by atoms with E-state index in [0.29, 0.717) is 6.04 Å². The average molecular weight is 366 g/mol. The van der Waals surface area contributed by atoms with Gasteiger partial charge in [-0.05, 0) is 30.9 Å². The van der Waals surface area contributed by atoms with Gasteiger partial charge in [0.15, 0.2) is 0 Å². The Kier molecular flexibility index (Phi) is 3.57. The molecule has 5 heteroatoms. The number of aliphatic imine (C=N–C) groups is 1. The highest BCUT2D eigenvalue weighted by Gasteiger charge is 2.67. The maximum Gasteiger partial charge on any atom is 0.314 e. The minimum Gasteiger partial charge on any atom is -0.497 e. The van der Waals surface area contributed by atoms with Gasteiger partial charge in [0.05, 0.1) is 31.2 Å². The third kappa shape index (κ3) is 1.98. The number of fused-ring (bicyclic) bond motifs is 1. The van der Waals surface area contributed by atoms with Crippen molar-refractivity contribution >= 4 is 17.4 Å². The molecule has 0 bridgehead atoms. The second-order valence-corrected chi connectivity index (χ2v) is 8.27. The molecule has 4 atom stereocenters. The molecule has 3 aliphatic heterocycles. The molecule has 1 aromatic rings. The van der Waals surface area contributed by atoms with E-state index in [1.165, 1.54) is 12.7 Å². The van der Waals surface area contributed by atoms with Gasteiger partial charge in [-0.1, -0.05) is 25.1 Å². The quantitative estimate of drug-likeness (QED) is 0.609. The first kappa shape index (κ1) is 17.0. The Morgan fingerprint density at radius 2 is 2.22 bits per heavy atom. The first-order valence-electron chi connectivity index (χ1n) is 9.87. The maximum absolute atomic E-state index is 12.8. The summed E-state index contributed by atoms with van der Waals surface area (Å²) in [7, 11) is 3.17. The number of carbonyl (C=O) groups is 1. The van der Waals surface area contributed by atoms with Gasteiger partial charge in [0.2, 0.25) is 0 Å². The second-order valence-electron chi connectivity index (χ2n) is 8.27. The summed E-state index contributed by atoms with van der Waals surface area (Å²) in [5, 5.41) is 0. The van der Waals surface area contributed by atoms with E-state index in [0.717, 1.165) is 49.5 Å². The summed E-state index contributed by atoms with van der Waals surface area (Å²) in [5.74, 6) is 0.367. The number of benzene rings is 1. The number of hydrogen-bond donors (Lipinski definition) is 0. The lowest BCUT2D eigenvalue weighted by molar-refractivity contribution is -0.145. The normalized spacial score (nSPS) is 35.9. The number of carbonyl (C=O) groups excluding carboxylic acids is 1. The van der Waals surface area contributed by atoms with Gasteiger partial charge >= 0.3 is 5.97 Å². The maximum atomic E-state index is 12.8. The van der Waals surface area contributed by atoms with Crippen molar-refractivity contribution < 1.29 is 14.3 Å². The molecule has 1 unspecified atom stereocenters. The van der Waals surface area contributed by atoms with Crippen molar-refractivity contribution in [3.63, 3.8) is 0 Å². The molecule has 1 spiro atoms. The molecule has 5 nitrogen and oxygen atoms in total. The Bertz CT molecular complexity index is 876. The van der Waals surface area contributed by atoms with Crippen molar-refractivity contribution in [1.82, 2.24) is 4.90 Å². The lowest BCUT2D eigenvalue weighted by atomic mass is 9.51. The standard InChI is InChI=1S/C22H26N2O3/c1-4-21-8-5-10-24-11-9-22(20(21)24)16-7-6-14(26-2)12-17(16)23-18(22)15(13-21)19(25)27-3/h5-8,12,15,20H,4,9-11,13H2,1-3H3/t15?,20-,21-,22-/m0/s1. The average Bonchev–Trinajstić information content (AvgIpc) is 3.26. The number of ether oxygens (including phenoxy) is 2. The summed E-state index contributed by atoms with van der Waals surface area (Å²) in [6, 6.07) is 6.57. The van der Waals surface area contributed by atoms with Crippen LogP contribution in [0.4, 0.5) is 5.69 Å². The van der Waals surface area contributed by atoms with Crippen LogP contribution in [0.25, 0.3) is 0 Å². The minimum absolute atomic E-state index is 0.0197. The Hall–Kier alpha value is -2.14. The second kappa shape index (κ2) is 5.68. The van der Waals surface area contributed by atoms with Crippen LogP contribution in [-0.4, -0.2) is 49.9 Å². The van der Waals surface area contributed by atoms with E-state index in [4.69, 9.17) is 14.5 Å². The molecule has 0 aromatic heterocycles. The smallest absolute Gasteiger partial charge is 0.314 e. The largest absolute Gasteiger partial charge is 0.497 e. The lowest BCUT2D eigenvalue weighted by Crippen LogP contribution is -2.63. The number of rotatable bonds is 3. The molecule has 1 saturated carbocycles. The fraction of sp³-hybridized carbons (Fsp3) is 0.545. The molecule has 1 aromatic carbocycles. The highest BCUT2D eigenvalue weighted by atomic mass is 16.5. The van der Waals surface area contributed by atoms with Crippen LogP contribution < -0.4 is 4.74 Å². The van der Waals surface area contributed by atoms with Crippen LogP contribution in [0.15, 0.2) is 35.3 Å². The molecule has 4 aliphatic rings. The topological polar surface area (TPSA) is 51.1 Å². The van der Waals surface area contributed by atoms with E-state index < -0.39 is 0 Å². The van der Waals surface area contributed by atoms with Crippen molar-refractivity contribution in [1.29, 1.82) is 0 Å². The monoisotopic (exact) mass is 366 g/mol. The molecule has 5 rings (SSSR count). The van der Waals surface area contributed by atoms with E-state index in [1.54, 1.807) is 7.11 Å². The molecule has 2 fully saturated rings. The lowest BCUT2D eigenvalue weighted by Gasteiger charge is -2.55. The first-order chi connectivity index (χ1) is 13.1. The van der Waals surface area contributed by atoms with E-state index in [1.807, 2.05) is 12.1 Å². The van der Waals surface area contributed by atoms with Crippen molar-refractivity contribution in [2.45, 2.75) is 37.6 Å². The fourth-order valence-electron chi connectivity index (χ4n) is 6.33. The minimum atomic E-state index is -0.285. The molecule has 3 heterocycles. The van der Waals surface area contributed by atoms with E-state index >= 15 is 0 Å². The van der Waals surface area contributed by atoms with Crippen LogP contribution in [0.5, 0.6) is 5.75 Å². The van der Waals surface area contributed by atoms with E-state index in [-0.39, 0.29) is 22.7 Å². The van der Waals surface area contributed by atoms with Crippen molar-refractivity contribution in [3.8, 4) is 5.75 Å². The SMILES string of the molecule is CC[C@]12C=CCN3CC[C@]4(C(=Nc5cc(OC)ccc54)C(C(=O)OC)C1)[C@@H]32. The third-order valence-corrected chi connectivity index (χ3v) is 7.40. The van der Waals surface area contributed by atoms with Crippen molar-refractivity contribution in [3.05, 3.63) is 35.9 Å². The third-order valence-electron chi connectivity index (χ3n) is 7.40. The molecule has 1 aliphatic carbocycles. The van der Waals surface area contributed by atoms with Crippen LogP contribution in [-0.2, 0) is 14.9 Å². The van der Waals surface area contributed by atoms with Gasteiger partial charge in [-0.2, -0.15) is 0 Å². The first-order valence-corrected chi connectivity index (χ1v) is 9.87. The molecular formula is C22H26N2O3. The van der Waals surface area contributed by atoms with Gasteiger partial charge in [0.1, 0.15) is 5.75 Å². The molecule has 27 heavy (non-hydrogen) atoms. The Morgan fingerprint density at radius 3 is 2.96 bits per heavy atom. The van der Waals surface area contributed by atoms with Gasteiger partial charge in [0, 0.05) is 36.3 Å². The molecular weight excluding hydrogens is 340 g/mol. The van der Waals surface area contributed by atoms with Crippen LogP contribution in [0.1, 0.15) is 31.7 Å². The number of esters is 1. The summed E-state index contributed by atoms with van der Waals surface area (Å²) < 4.78 is 10.7. The predicted molar refractivity (Wildman–Crippen MR) is 104 cm³/mol. The highest BCUT2D eigenvalue weighted by molar-refractivity contribution is 6.13. The summed E-state index contributed by atoms with van der Waals surface area (Å²) in [6.07, 6.45) is 7.47. The Balaban J connectivity index is 1.77. The molecule has 1 saturated heterocycles.